The number of nitrogens with one attached hydrogen (secondary N) is 1. The Labute approximate surface area is 107 Å². The number of rotatable bonds is 7. The number of halogens is 1. The van der Waals surface area contributed by atoms with Crippen LogP contribution in [0.25, 0.3) is 0 Å². The molecule has 0 spiro atoms. The van der Waals surface area contributed by atoms with Crippen LogP contribution in [0, 0.1) is 0 Å². The van der Waals surface area contributed by atoms with Crippen molar-refractivity contribution in [1.82, 2.24) is 10.3 Å². The van der Waals surface area contributed by atoms with Crippen molar-refractivity contribution >= 4 is 23.4 Å². The highest BCUT2D eigenvalue weighted by Crippen LogP contribution is 2.07. The van der Waals surface area contributed by atoms with E-state index >= 15 is 0 Å². The standard InChI is InChI=1S/C12H19ClN2S/c1-3-16-7-6-10(2)14-8-11-4-5-12(13)15-9-11/h4-5,9-10,14H,3,6-8H2,1-2H3. The van der Waals surface area contributed by atoms with Crippen LogP contribution in [0.4, 0.5) is 0 Å². The lowest BCUT2D eigenvalue weighted by Gasteiger charge is -2.13. The minimum Gasteiger partial charge on any atom is -0.310 e. The van der Waals surface area contributed by atoms with Gasteiger partial charge in [0.05, 0.1) is 0 Å². The highest BCUT2D eigenvalue weighted by Gasteiger charge is 2.01. The maximum atomic E-state index is 5.72. The molecular formula is C12H19ClN2S. The summed E-state index contributed by atoms with van der Waals surface area (Å²) >= 11 is 7.71. The Morgan fingerprint density at radius 1 is 1.50 bits per heavy atom. The van der Waals surface area contributed by atoms with Gasteiger partial charge in [-0.1, -0.05) is 24.6 Å². The minimum absolute atomic E-state index is 0.551. The zero-order chi connectivity index (χ0) is 11.8. The van der Waals surface area contributed by atoms with Gasteiger partial charge in [0.25, 0.3) is 0 Å². The van der Waals surface area contributed by atoms with Crippen molar-refractivity contribution in [1.29, 1.82) is 0 Å². The molecule has 0 aliphatic heterocycles. The topological polar surface area (TPSA) is 24.9 Å². The zero-order valence-corrected chi connectivity index (χ0v) is 11.4. The van der Waals surface area contributed by atoms with Crippen LogP contribution in [0.15, 0.2) is 18.3 Å². The molecule has 0 aliphatic carbocycles. The lowest BCUT2D eigenvalue weighted by molar-refractivity contribution is 0.537. The summed E-state index contributed by atoms with van der Waals surface area (Å²) in [6.07, 6.45) is 3.03. The van der Waals surface area contributed by atoms with E-state index in [1.165, 1.54) is 23.5 Å². The highest BCUT2D eigenvalue weighted by atomic mass is 35.5. The number of pyridine rings is 1. The first kappa shape index (κ1) is 13.8. The van der Waals surface area contributed by atoms with E-state index in [1.807, 2.05) is 30.1 Å². The molecule has 2 nitrogen and oxygen atoms in total. The predicted octanol–water partition coefficient (Wildman–Crippen LogP) is 3.36. The monoisotopic (exact) mass is 258 g/mol. The molecule has 16 heavy (non-hydrogen) atoms. The number of aromatic nitrogens is 1. The zero-order valence-electron chi connectivity index (χ0n) is 9.87. The Bertz CT molecular complexity index is 290. The molecule has 0 radical (unpaired) electrons. The molecule has 4 heteroatoms. The maximum absolute atomic E-state index is 5.72. The summed E-state index contributed by atoms with van der Waals surface area (Å²) < 4.78 is 0. The first-order chi connectivity index (χ1) is 7.72. The molecule has 1 N–H and O–H groups in total. The second kappa shape index (κ2) is 7.93. The van der Waals surface area contributed by atoms with E-state index in [1.54, 1.807) is 0 Å². The normalized spacial score (nSPS) is 12.7. The fourth-order valence-electron chi connectivity index (χ4n) is 1.31. The van der Waals surface area contributed by atoms with E-state index in [4.69, 9.17) is 11.6 Å². The van der Waals surface area contributed by atoms with Crippen molar-refractivity contribution < 1.29 is 0 Å². The van der Waals surface area contributed by atoms with Crippen LogP contribution in [-0.2, 0) is 6.54 Å². The molecule has 1 atom stereocenters. The summed E-state index contributed by atoms with van der Waals surface area (Å²) in [4.78, 5) is 4.05. The van der Waals surface area contributed by atoms with Gasteiger partial charge in [-0.2, -0.15) is 11.8 Å². The van der Waals surface area contributed by atoms with Crippen LogP contribution < -0.4 is 5.32 Å². The smallest absolute Gasteiger partial charge is 0.129 e. The lowest BCUT2D eigenvalue weighted by Crippen LogP contribution is -2.26. The molecule has 1 aromatic heterocycles. The predicted molar refractivity (Wildman–Crippen MR) is 73.2 cm³/mol. The molecule has 90 valence electrons. The van der Waals surface area contributed by atoms with Gasteiger partial charge in [-0.15, -0.1) is 0 Å². The molecule has 0 aliphatic rings. The molecule has 1 heterocycles. The molecule has 1 unspecified atom stereocenters. The molecule has 1 aromatic rings. The van der Waals surface area contributed by atoms with Crippen LogP contribution in [-0.4, -0.2) is 22.5 Å². The summed E-state index contributed by atoms with van der Waals surface area (Å²) in [6.45, 7) is 5.28. The summed E-state index contributed by atoms with van der Waals surface area (Å²) in [6, 6.07) is 4.39. The number of hydrogen-bond acceptors (Lipinski definition) is 3. The first-order valence-electron chi connectivity index (χ1n) is 5.64. The van der Waals surface area contributed by atoms with Gasteiger partial charge in [0, 0.05) is 18.8 Å². The van der Waals surface area contributed by atoms with Gasteiger partial charge >= 0.3 is 0 Å². The minimum atomic E-state index is 0.551. The van der Waals surface area contributed by atoms with Crippen molar-refractivity contribution in [2.75, 3.05) is 11.5 Å². The van der Waals surface area contributed by atoms with Gasteiger partial charge in [-0.3, -0.25) is 0 Å². The molecule has 0 saturated heterocycles. The molecule has 0 bridgehead atoms. The van der Waals surface area contributed by atoms with Gasteiger partial charge in [0.2, 0.25) is 0 Å². The van der Waals surface area contributed by atoms with Crippen molar-refractivity contribution in [3.63, 3.8) is 0 Å². The second-order valence-electron chi connectivity index (χ2n) is 3.76. The fraction of sp³-hybridized carbons (Fsp3) is 0.583. The van der Waals surface area contributed by atoms with Gasteiger partial charge in [-0.05, 0) is 36.5 Å². The van der Waals surface area contributed by atoms with Gasteiger partial charge in [-0.25, -0.2) is 4.98 Å². The van der Waals surface area contributed by atoms with Crippen LogP contribution in [0.3, 0.4) is 0 Å². The van der Waals surface area contributed by atoms with E-state index in [2.05, 4.69) is 24.1 Å². The summed E-state index contributed by atoms with van der Waals surface area (Å²) in [5, 5.41) is 4.03. The van der Waals surface area contributed by atoms with Crippen molar-refractivity contribution in [3.05, 3.63) is 29.0 Å². The fourth-order valence-corrected chi connectivity index (χ4v) is 2.23. The van der Waals surface area contributed by atoms with Crippen molar-refractivity contribution in [2.45, 2.75) is 32.9 Å². The van der Waals surface area contributed by atoms with E-state index in [0.717, 1.165) is 6.54 Å². The Balaban J connectivity index is 2.20. The van der Waals surface area contributed by atoms with Crippen LogP contribution in [0.2, 0.25) is 5.15 Å². The van der Waals surface area contributed by atoms with Crippen LogP contribution in [0.5, 0.6) is 0 Å². The SMILES string of the molecule is CCSCCC(C)NCc1ccc(Cl)nc1. The molecular weight excluding hydrogens is 240 g/mol. The van der Waals surface area contributed by atoms with E-state index in [-0.39, 0.29) is 0 Å². The molecule has 0 saturated carbocycles. The first-order valence-corrected chi connectivity index (χ1v) is 7.17. The summed E-state index contributed by atoms with van der Waals surface area (Å²) in [5.74, 6) is 2.43. The van der Waals surface area contributed by atoms with Crippen molar-refractivity contribution in [3.8, 4) is 0 Å². The third kappa shape index (κ3) is 5.73. The molecule has 0 amide bonds. The van der Waals surface area contributed by atoms with E-state index in [9.17, 15) is 0 Å². The molecule has 1 rings (SSSR count). The summed E-state index contributed by atoms with van der Waals surface area (Å²) in [7, 11) is 0. The van der Waals surface area contributed by atoms with Crippen LogP contribution >= 0.6 is 23.4 Å². The number of hydrogen-bond donors (Lipinski definition) is 1. The Kier molecular flexibility index (Phi) is 6.85. The average molecular weight is 259 g/mol. The van der Waals surface area contributed by atoms with Crippen LogP contribution in [0.1, 0.15) is 25.8 Å². The highest BCUT2D eigenvalue weighted by molar-refractivity contribution is 7.99. The van der Waals surface area contributed by atoms with Crippen molar-refractivity contribution in [2.24, 2.45) is 0 Å². The number of nitrogens with zero attached hydrogens (tertiary/aromatic N) is 1. The number of thioether (sulfide) groups is 1. The Morgan fingerprint density at radius 2 is 2.31 bits per heavy atom. The summed E-state index contributed by atoms with van der Waals surface area (Å²) in [5.41, 5.74) is 1.18. The lowest BCUT2D eigenvalue weighted by atomic mass is 10.2. The maximum Gasteiger partial charge on any atom is 0.129 e. The third-order valence-corrected chi connectivity index (χ3v) is 3.50. The molecule has 0 fully saturated rings. The molecule has 0 aromatic carbocycles. The van der Waals surface area contributed by atoms with Gasteiger partial charge < -0.3 is 5.32 Å². The van der Waals surface area contributed by atoms with E-state index < -0.39 is 0 Å². The Morgan fingerprint density at radius 3 is 2.94 bits per heavy atom. The second-order valence-corrected chi connectivity index (χ2v) is 5.54. The third-order valence-electron chi connectivity index (χ3n) is 2.34. The quantitative estimate of drug-likeness (QED) is 0.600. The van der Waals surface area contributed by atoms with E-state index in [0.29, 0.717) is 11.2 Å². The Hall–Kier alpha value is -0.250. The average Bonchev–Trinajstić information content (AvgIpc) is 2.29. The largest absolute Gasteiger partial charge is 0.310 e. The van der Waals surface area contributed by atoms with Gasteiger partial charge in [0.15, 0.2) is 0 Å². The van der Waals surface area contributed by atoms with Gasteiger partial charge in [0.1, 0.15) is 5.15 Å².